The molecule has 1 atom stereocenters. The fourth-order valence-electron chi connectivity index (χ4n) is 2.45. The summed E-state index contributed by atoms with van der Waals surface area (Å²) in [6, 6.07) is 9.51. The van der Waals surface area contributed by atoms with Crippen LogP contribution in [0.3, 0.4) is 0 Å². The quantitative estimate of drug-likeness (QED) is 0.722. The molecule has 0 saturated heterocycles. The summed E-state index contributed by atoms with van der Waals surface area (Å²) in [7, 11) is 0. The summed E-state index contributed by atoms with van der Waals surface area (Å²) < 4.78 is 6.97. The van der Waals surface area contributed by atoms with Crippen molar-refractivity contribution >= 4 is 0 Å². The second kappa shape index (κ2) is 7.40. The summed E-state index contributed by atoms with van der Waals surface area (Å²) >= 11 is 0. The van der Waals surface area contributed by atoms with E-state index >= 15 is 0 Å². The fourth-order valence-corrected chi connectivity index (χ4v) is 2.45. The van der Waals surface area contributed by atoms with Crippen LogP contribution >= 0.6 is 0 Å². The van der Waals surface area contributed by atoms with Gasteiger partial charge in [0, 0.05) is 18.2 Å². The van der Waals surface area contributed by atoms with E-state index in [2.05, 4.69) is 29.1 Å². The molecular formula is C18H22N4O2. The number of hydrogen-bond donors (Lipinski definition) is 1. The van der Waals surface area contributed by atoms with Crippen LogP contribution in [-0.4, -0.2) is 25.0 Å². The van der Waals surface area contributed by atoms with E-state index in [9.17, 15) is 5.11 Å². The highest BCUT2D eigenvalue weighted by atomic mass is 16.5. The number of rotatable bonds is 7. The van der Waals surface area contributed by atoms with Gasteiger partial charge in [-0.05, 0) is 17.9 Å². The standard InChI is InChI=1S/C18H22N4O2/c1-13(2)8-9-16-20-17(24-21-16)12-22-11-15(10-19-22)18(23)14-6-4-3-5-7-14/h3-7,10-11,13,18,23H,8-9,12H2,1-2H3. The first-order chi connectivity index (χ1) is 11.6. The van der Waals surface area contributed by atoms with Gasteiger partial charge in [0.1, 0.15) is 12.6 Å². The Hall–Kier alpha value is -2.47. The molecule has 0 fully saturated rings. The molecule has 0 radical (unpaired) electrons. The smallest absolute Gasteiger partial charge is 0.248 e. The van der Waals surface area contributed by atoms with E-state index < -0.39 is 6.10 Å². The van der Waals surface area contributed by atoms with Gasteiger partial charge in [-0.1, -0.05) is 49.3 Å². The summed E-state index contributed by atoms with van der Waals surface area (Å²) in [5.74, 6) is 1.87. The molecule has 1 unspecified atom stereocenters. The Morgan fingerprint density at radius 2 is 1.96 bits per heavy atom. The number of aliphatic hydroxyl groups is 1. The lowest BCUT2D eigenvalue weighted by Gasteiger charge is -2.07. The van der Waals surface area contributed by atoms with E-state index in [1.165, 1.54) is 0 Å². The van der Waals surface area contributed by atoms with Gasteiger partial charge in [-0.15, -0.1) is 0 Å². The van der Waals surface area contributed by atoms with Crippen molar-refractivity contribution in [3.05, 3.63) is 65.6 Å². The SMILES string of the molecule is CC(C)CCc1noc(Cn2cc(C(O)c3ccccc3)cn2)n1. The van der Waals surface area contributed by atoms with E-state index in [0.29, 0.717) is 18.4 Å². The Morgan fingerprint density at radius 3 is 2.71 bits per heavy atom. The van der Waals surface area contributed by atoms with Crippen LogP contribution in [0.4, 0.5) is 0 Å². The van der Waals surface area contributed by atoms with Gasteiger partial charge in [0.05, 0.1) is 6.20 Å². The van der Waals surface area contributed by atoms with Crippen molar-refractivity contribution in [2.75, 3.05) is 0 Å². The Kier molecular flexibility index (Phi) is 5.05. The molecule has 126 valence electrons. The van der Waals surface area contributed by atoms with Crippen LogP contribution in [0.1, 0.15) is 49.2 Å². The predicted molar refractivity (Wildman–Crippen MR) is 89.3 cm³/mol. The van der Waals surface area contributed by atoms with Crippen molar-refractivity contribution in [2.24, 2.45) is 5.92 Å². The second-order valence-electron chi connectivity index (χ2n) is 6.32. The Balaban J connectivity index is 1.64. The molecule has 2 aromatic heterocycles. The Bertz CT molecular complexity index is 764. The van der Waals surface area contributed by atoms with E-state index in [0.717, 1.165) is 29.8 Å². The highest BCUT2D eigenvalue weighted by Crippen LogP contribution is 2.21. The number of benzene rings is 1. The van der Waals surface area contributed by atoms with Crippen molar-refractivity contribution in [2.45, 2.75) is 39.3 Å². The van der Waals surface area contributed by atoms with Gasteiger partial charge in [-0.25, -0.2) is 0 Å². The van der Waals surface area contributed by atoms with E-state index in [1.54, 1.807) is 17.1 Å². The van der Waals surface area contributed by atoms with Gasteiger partial charge < -0.3 is 9.63 Å². The maximum absolute atomic E-state index is 10.4. The minimum atomic E-state index is -0.691. The van der Waals surface area contributed by atoms with Crippen molar-refractivity contribution in [3.63, 3.8) is 0 Å². The topological polar surface area (TPSA) is 77.0 Å². The first-order valence-electron chi connectivity index (χ1n) is 8.18. The van der Waals surface area contributed by atoms with Crippen molar-refractivity contribution in [3.8, 4) is 0 Å². The summed E-state index contributed by atoms with van der Waals surface area (Å²) in [6.07, 6.45) is 4.62. The van der Waals surface area contributed by atoms with Crippen LogP contribution in [0.5, 0.6) is 0 Å². The van der Waals surface area contributed by atoms with Gasteiger partial charge >= 0.3 is 0 Å². The largest absolute Gasteiger partial charge is 0.384 e. The lowest BCUT2D eigenvalue weighted by molar-refractivity contribution is 0.220. The first kappa shape index (κ1) is 16.4. The van der Waals surface area contributed by atoms with Gasteiger partial charge in [0.2, 0.25) is 5.89 Å². The predicted octanol–water partition coefficient (Wildman–Crippen LogP) is 2.98. The summed E-state index contributed by atoms with van der Waals surface area (Å²) in [5, 5.41) is 18.7. The fraction of sp³-hybridized carbons (Fsp3) is 0.389. The molecule has 6 heteroatoms. The van der Waals surface area contributed by atoms with Crippen LogP contribution in [0.2, 0.25) is 0 Å². The number of hydrogen-bond acceptors (Lipinski definition) is 5. The number of aryl methyl sites for hydroxylation is 1. The number of aromatic nitrogens is 4. The van der Waals surface area contributed by atoms with Crippen LogP contribution in [-0.2, 0) is 13.0 Å². The molecule has 0 aliphatic rings. The first-order valence-corrected chi connectivity index (χ1v) is 8.18. The molecule has 2 heterocycles. The molecule has 0 spiro atoms. The molecule has 24 heavy (non-hydrogen) atoms. The molecule has 0 aliphatic heterocycles. The molecule has 6 nitrogen and oxygen atoms in total. The normalized spacial score (nSPS) is 12.7. The second-order valence-corrected chi connectivity index (χ2v) is 6.32. The van der Waals surface area contributed by atoms with Crippen LogP contribution in [0.15, 0.2) is 47.2 Å². The van der Waals surface area contributed by atoms with E-state index in [1.807, 2.05) is 30.3 Å². The monoisotopic (exact) mass is 326 g/mol. The van der Waals surface area contributed by atoms with Crippen molar-refractivity contribution in [1.82, 2.24) is 19.9 Å². The maximum Gasteiger partial charge on any atom is 0.248 e. The minimum Gasteiger partial charge on any atom is -0.384 e. The lowest BCUT2D eigenvalue weighted by atomic mass is 10.1. The zero-order valence-corrected chi connectivity index (χ0v) is 14.0. The third-order valence-corrected chi connectivity index (χ3v) is 3.84. The highest BCUT2D eigenvalue weighted by Gasteiger charge is 2.14. The van der Waals surface area contributed by atoms with Gasteiger partial charge in [-0.3, -0.25) is 4.68 Å². The van der Waals surface area contributed by atoms with Crippen LogP contribution in [0, 0.1) is 5.92 Å². The molecule has 1 aromatic carbocycles. The van der Waals surface area contributed by atoms with Crippen molar-refractivity contribution < 1.29 is 9.63 Å². The molecule has 3 aromatic rings. The van der Waals surface area contributed by atoms with Gasteiger partial charge in [0.15, 0.2) is 5.82 Å². The molecule has 0 bridgehead atoms. The molecule has 3 rings (SSSR count). The molecule has 1 N–H and O–H groups in total. The van der Waals surface area contributed by atoms with E-state index in [4.69, 9.17) is 4.52 Å². The molecule has 0 aliphatic carbocycles. The van der Waals surface area contributed by atoms with Gasteiger partial charge in [-0.2, -0.15) is 10.1 Å². The van der Waals surface area contributed by atoms with Crippen LogP contribution in [0.25, 0.3) is 0 Å². The van der Waals surface area contributed by atoms with Crippen LogP contribution < -0.4 is 0 Å². The zero-order chi connectivity index (χ0) is 16.9. The Morgan fingerprint density at radius 1 is 1.17 bits per heavy atom. The average Bonchev–Trinajstić information content (AvgIpc) is 3.23. The zero-order valence-electron chi connectivity index (χ0n) is 14.0. The summed E-state index contributed by atoms with van der Waals surface area (Å²) in [5.41, 5.74) is 1.58. The highest BCUT2D eigenvalue weighted by molar-refractivity contribution is 5.26. The minimum absolute atomic E-state index is 0.399. The maximum atomic E-state index is 10.4. The molecular weight excluding hydrogens is 304 g/mol. The third kappa shape index (κ3) is 4.08. The van der Waals surface area contributed by atoms with E-state index in [-0.39, 0.29) is 0 Å². The molecule has 0 saturated carbocycles. The lowest BCUT2D eigenvalue weighted by Crippen LogP contribution is -2.02. The van der Waals surface area contributed by atoms with Crippen molar-refractivity contribution in [1.29, 1.82) is 0 Å². The average molecular weight is 326 g/mol. The summed E-state index contributed by atoms with van der Waals surface area (Å²) in [4.78, 5) is 4.39. The Labute approximate surface area is 141 Å². The van der Waals surface area contributed by atoms with Gasteiger partial charge in [0.25, 0.3) is 0 Å². The number of nitrogens with zero attached hydrogens (tertiary/aromatic N) is 4. The molecule has 0 amide bonds. The number of aliphatic hydroxyl groups excluding tert-OH is 1. The summed E-state index contributed by atoms with van der Waals surface area (Å²) in [6.45, 7) is 4.74. The third-order valence-electron chi connectivity index (χ3n) is 3.84.